The number of carbonyl (C=O) groups is 2. The SMILES string of the molecule is COc1ccc(N2C[C@@H](C(=O)N[C@@H](C)Cc3ccco3)CC2=O)cc1. The number of hydrogen-bond donors (Lipinski definition) is 1. The van der Waals surface area contributed by atoms with Crippen LogP contribution in [-0.4, -0.2) is 31.5 Å². The maximum Gasteiger partial charge on any atom is 0.227 e. The topological polar surface area (TPSA) is 71.8 Å². The Morgan fingerprint density at radius 3 is 2.76 bits per heavy atom. The molecular formula is C19H22N2O4. The smallest absolute Gasteiger partial charge is 0.227 e. The third-order valence-corrected chi connectivity index (χ3v) is 4.36. The van der Waals surface area contributed by atoms with E-state index in [2.05, 4.69) is 5.32 Å². The van der Waals surface area contributed by atoms with Crippen molar-refractivity contribution in [3.05, 3.63) is 48.4 Å². The Labute approximate surface area is 146 Å². The van der Waals surface area contributed by atoms with E-state index < -0.39 is 0 Å². The molecule has 1 aliphatic rings. The van der Waals surface area contributed by atoms with Gasteiger partial charge in [-0.3, -0.25) is 9.59 Å². The van der Waals surface area contributed by atoms with Gasteiger partial charge in [0.1, 0.15) is 11.5 Å². The third-order valence-electron chi connectivity index (χ3n) is 4.36. The number of hydrogen-bond acceptors (Lipinski definition) is 4. The Morgan fingerprint density at radius 1 is 1.36 bits per heavy atom. The van der Waals surface area contributed by atoms with E-state index in [0.29, 0.717) is 13.0 Å². The van der Waals surface area contributed by atoms with E-state index in [0.717, 1.165) is 17.2 Å². The summed E-state index contributed by atoms with van der Waals surface area (Å²) in [5.74, 6) is 1.09. The predicted molar refractivity (Wildman–Crippen MR) is 93.5 cm³/mol. The van der Waals surface area contributed by atoms with Crippen LogP contribution in [0.25, 0.3) is 0 Å². The second kappa shape index (κ2) is 7.42. The Hall–Kier alpha value is -2.76. The molecule has 2 aromatic rings. The zero-order valence-corrected chi connectivity index (χ0v) is 14.4. The van der Waals surface area contributed by atoms with E-state index in [4.69, 9.17) is 9.15 Å². The van der Waals surface area contributed by atoms with Crippen LogP contribution in [0.3, 0.4) is 0 Å². The van der Waals surface area contributed by atoms with Crippen molar-refractivity contribution in [1.82, 2.24) is 5.32 Å². The summed E-state index contributed by atoms with van der Waals surface area (Å²) in [6.45, 7) is 2.32. The molecule has 3 rings (SSSR count). The predicted octanol–water partition coefficient (Wildman–Crippen LogP) is 2.39. The van der Waals surface area contributed by atoms with E-state index in [1.165, 1.54) is 0 Å². The third kappa shape index (κ3) is 4.02. The monoisotopic (exact) mass is 342 g/mol. The van der Waals surface area contributed by atoms with E-state index in [1.807, 2.05) is 31.2 Å². The molecule has 1 fully saturated rings. The van der Waals surface area contributed by atoms with Crippen molar-refractivity contribution < 1.29 is 18.7 Å². The average Bonchev–Trinajstić information content (AvgIpc) is 3.24. The average molecular weight is 342 g/mol. The fourth-order valence-corrected chi connectivity index (χ4v) is 3.04. The zero-order valence-electron chi connectivity index (χ0n) is 14.4. The molecule has 0 spiro atoms. The number of carbonyl (C=O) groups excluding carboxylic acids is 2. The van der Waals surface area contributed by atoms with Crippen LogP contribution >= 0.6 is 0 Å². The lowest BCUT2D eigenvalue weighted by atomic mass is 10.1. The lowest BCUT2D eigenvalue weighted by molar-refractivity contribution is -0.126. The summed E-state index contributed by atoms with van der Waals surface area (Å²) in [4.78, 5) is 26.4. The lowest BCUT2D eigenvalue weighted by Crippen LogP contribution is -2.39. The van der Waals surface area contributed by atoms with Gasteiger partial charge in [-0.05, 0) is 43.3 Å². The van der Waals surface area contributed by atoms with E-state index in [-0.39, 0.29) is 30.2 Å². The minimum atomic E-state index is -0.339. The van der Waals surface area contributed by atoms with Crippen LogP contribution in [-0.2, 0) is 16.0 Å². The van der Waals surface area contributed by atoms with Gasteiger partial charge in [0.15, 0.2) is 0 Å². The molecule has 1 aromatic heterocycles. The van der Waals surface area contributed by atoms with Gasteiger partial charge in [-0.15, -0.1) is 0 Å². The summed E-state index contributed by atoms with van der Waals surface area (Å²) in [6, 6.07) is 10.9. The highest BCUT2D eigenvalue weighted by atomic mass is 16.5. The number of rotatable bonds is 6. The summed E-state index contributed by atoms with van der Waals surface area (Å²) in [5, 5.41) is 2.97. The molecule has 1 aliphatic heterocycles. The van der Waals surface area contributed by atoms with Gasteiger partial charge in [0, 0.05) is 31.1 Å². The first-order valence-electron chi connectivity index (χ1n) is 8.34. The van der Waals surface area contributed by atoms with Crippen LogP contribution < -0.4 is 15.0 Å². The molecule has 6 heteroatoms. The molecule has 2 amide bonds. The highest BCUT2D eigenvalue weighted by Gasteiger charge is 2.35. The van der Waals surface area contributed by atoms with Crippen LogP contribution in [0.4, 0.5) is 5.69 Å². The first-order chi connectivity index (χ1) is 12.1. The number of amides is 2. The van der Waals surface area contributed by atoms with Gasteiger partial charge >= 0.3 is 0 Å². The fraction of sp³-hybridized carbons (Fsp3) is 0.368. The van der Waals surface area contributed by atoms with Crippen molar-refractivity contribution in [3.63, 3.8) is 0 Å². The van der Waals surface area contributed by atoms with Crippen LogP contribution in [0.5, 0.6) is 5.75 Å². The number of benzene rings is 1. The summed E-state index contributed by atoms with van der Waals surface area (Å²) >= 11 is 0. The van der Waals surface area contributed by atoms with E-state index in [9.17, 15) is 9.59 Å². The van der Waals surface area contributed by atoms with E-state index >= 15 is 0 Å². The second-order valence-electron chi connectivity index (χ2n) is 6.30. The number of nitrogens with zero attached hydrogens (tertiary/aromatic N) is 1. The minimum absolute atomic E-state index is 0.0380. The number of nitrogens with one attached hydrogen (secondary N) is 1. The van der Waals surface area contributed by atoms with Crippen LogP contribution in [0.15, 0.2) is 47.1 Å². The molecule has 1 saturated heterocycles. The molecule has 0 aliphatic carbocycles. The van der Waals surface area contributed by atoms with Crippen LogP contribution in [0, 0.1) is 5.92 Å². The first-order valence-corrected chi connectivity index (χ1v) is 8.34. The number of ether oxygens (including phenoxy) is 1. The molecule has 2 heterocycles. The Morgan fingerprint density at radius 2 is 2.12 bits per heavy atom. The normalized spacial score (nSPS) is 18.2. The minimum Gasteiger partial charge on any atom is -0.497 e. The summed E-state index contributed by atoms with van der Waals surface area (Å²) in [7, 11) is 1.60. The van der Waals surface area contributed by atoms with Crippen molar-refractivity contribution in [2.24, 2.45) is 5.92 Å². The van der Waals surface area contributed by atoms with Crippen molar-refractivity contribution in [2.75, 3.05) is 18.6 Å². The van der Waals surface area contributed by atoms with Gasteiger partial charge in [-0.1, -0.05) is 0 Å². The fourth-order valence-electron chi connectivity index (χ4n) is 3.04. The van der Waals surface area contributed by atoms with Gasteiger partial charge in [0.05, 0.1) is 19.3 Å². The standard InChI is InChI=1S/C19H22N2O4/c1-13(10-17-4-3-9-25-17)20-19(23)14-11-18(22)21(12-14)15-5-7-16(24-2)8-6-15/h3-9,13-14H,10-12H2,1-2H3,(H,20,23)/t13-,14-/m0/s1. The molecule has 0 radical (unpaired) electrons. The molecule has 1 aromatic carbocycles. The largest absolute Gasteiger partial charge is 0.497 e. The quantitative estimate of drug-likeness (QED) is 0.875. The molecule has 2 atom stereocenters. The summed E-state index contributed by atoms with van der Waals surface area (Å²) in [6.07, 6.45) is 2.47. The first kappa shape index (κ1) is 17.1. The maximum absolute atomic E-state index is 12.5. The Kier molecular flexibility index (Phi) is 5.07. The van der Waals surface area contributed by atoms with Crippen molar-refractivity contribution in [1.29, 1.82) is 0 Å². The Balaban J connectivity index is 1.58. The molecule has 25 heavy (non-hydrogen) atoms. The summed E-state index contributed by atoms with van der Waals surface area (Å²) in [5.41, 5.74) is 0.782. The second-order valence-corrected chi connectivity index (χ2v) is 6.30. The highest BCUT2D eigenvalue weighted by molar-refractivity contribution is 6.00. The van der Waals surface area contributed by atoms with Crippen LogP contribution in [0.1, 0.15) is 19.1 Å². The highest BCUT2D eigenvalue weighted by Crippen LogP contribution is 2.27. The van der Waals surface area contributed by atoms with Gasteiger partial charge in [-0.2, -0.15) is 0 Å². The lowest BCUT2D eigenvalue weighted by Gasteiger charge is -2.18. The molecular weight excluding hydrogens is 320 g/mol. The summed E-state index contributed by atoms with van der Waals surface area (Å²) < 4.78 is 10.4. The van der Waals surface area contributed by atoms with Crippen molar-refractivity contribution >= 4 is 17.5 Å². The zero-order chi connectivity index (χ0) is 17.8. The molecule has 1 N–H and O–H groups in total. The molecule has 0 saturated carbocycles. The molecule has 0 bridgehead atoms. The molecule has 6 nitrogen and oxygen atoms in total. The molecule has 132 valence electrons. The number of furan rings is 1. The van der Waals surface area contributed by atoms with E-state index in [1.54, 1.807) is 30.4 Å². The van der Waals surface area contributed by atoms with Crippen molar-refractivity contribution in [3.8, 4) is 5.75 Å². The van der Waals surface area contributed by atoms with Gasteiger partial charge in [-0.25, -0.2) is 0 Å². The van der Waals surface area contributed by atoms with Crippen molar-refractivity contribution in [2.45, 2.75) is 25.8 Å². The van der Waals surface area contributed by atoms with Gasteiger partial charge in [0.2, 0.25) is 11.8 Å². The van der Waals surface area contributed by atoms with Gasteiger partial charge in [0.25, 0.3) is 0 Å². The van der Waals surface area contributed by atoms with Crippen LogP contribution in [0.2, 0.25) is 0 Å². The Bertz CT molecular complexity index is 724. The maximum atomic E-state index is 12.5. The number of anilines is 1. The van der Waals surface area contributed by atoms with Gasteiger partial charge < -0.3 is 19.4 Å². The molecule has 0 unspecified atom stereocenters. The number of methoxy groups -OCH3 is 1.